The Morgan fingerprint density at radius 2 is 1.75 bits per heavy atom. The van der Waals surface area contributed by atoms with Crippen molar-refractivity contribution in [1.29, 1.82) is 0 Å². The van der Waals surface area contributed by atoms with Crippen LogP contribution in [0.15, 0.2) is 30.6 Å². The Kier molecular flexibility index (Phi) is 5.64. The summed E-state index contributed by atoms with van der Waals surface area (Å²) in [5.74, 6) is -0.583. The zero-order valence-electron chi connectivity index (χ0n) is 16.3. The van der Waals surface area contributed by atoms with Gasteiger partial charge < -0.3 is 19.5 Å². The van der Waals surface area contributed by atoms with E-state index in [2.05, 4.69) is 14.8 Å². The molecular weight excluding hydrogens is 362 g/mol. The molecule has 0 bridgehead atoms. The first kappa shape index (κ1) is 19.3. The fraction of sp³-hybridized carbons (Fsp3) is 0.571. The number of rotatable bonds is 4. The summed E-state index contributed by atoms with van der Waals surface area (Å²) in [5.41, 5.74) is 0.759. The zero-order valence-corrected chi connectivity index (χ0v) is 16.3. The van der Waals surface area contributed by atoms with Crippen molar-refractivity contribution in [3.63, 3.8) is 0 Å². The van der Waals surface area contributed by atoms with Gasteiger partial charge >= 0.3 is 0 Å². The van der Waals surface area contributed by atoms with E-state index in [0.29, 0.717) is 6.04 Å². The van der Waals surface area contributed by atoms with E-state index in [1.807, 2.05) is 17.8 Å². The number of hydrogen-bond donors (Lipinski definition) is 1. The van der Waals surface area contributed by atoms with E-state index in [9.17, 15) is 13.9 Å². The van der Waals surface area contributed by atoms with E-state index in [0.717, 1.165) is 63.4 Å². The number of aliphatic hydroxyl groups is 1. The average molecular weight is 390 g/mol. The van der Waals surface area contributed by atoms with Crippen LogP contribution in [-0.2, 0) is 7.05 Å². The van der Waals surface area contributed by atoms with Crippen molar-refractivity contribution >= 4 is 5.69 Å². The molecule has 28 heavy (non-hydrogen) atoms. The number of piperidine rings is 2. The summed E-state index contributed by atoms with van der Waals surface area (Å²) in [6, 6.07) is 4.67. The second-order valence-electron chi connectivity index (χ2n) is 8.03. The Hall–Kier alpha value is -1.99. The number of imidazole rings is 1. The first-order valence-electron chi connectivity index (χ1n) is 10.1. The van der Waals surface area contributed by atoms with E-state index in [-0.39, 0.29) is 5.92 Å². The summed E-state index contributed by atoms with van der Waals surface area (Å²) < 4.78 is 28.5. The molecule has 2 aliphatic rings. The lowest BCUT2D eigenvalue weighted by molar-refractivity contribution is 0.0345. The molecule has 1 aromatic carbocycles. The number of halogens is 2. The summed E-state index contributed by atoms with van der Waals surface area (Å²) >= 11 is 0. The molecule has 0 aliphatic carbocycles. The Balaban J connectivity index is 1.28. The smallest absolute Gasteiger partial charge is 0.160 e. The maximum Gasteiger partial charge on any atom is 0.160 e. The number of hydrogen-bond acceptors (Lipinski definition) is 4. The first-order chi connectivity index (χ1) is 13.5. The minimum atomic E-state index is -0.797. The van der Waals surface area contributed by atoms with Crippen molar-refractivity contribution in [2.45, 2.75) is 37.8 Å². The molecule has 3 heterocycles. The maximum atomic E-state index is 13.5. The van der Waals surface area contributed by atoms with Crippen LogP contribution in [0.2, 0.25) is 0 Å². The van der Waals surface area contributed by atoms with Gasteiger partial charge in [-0.1, -0.05) is 0 Å². The summed E-state index contributed by atoms with van der Waals surface area (Å²) in [6.45, 7) is 3.68. The number of aryl methyl sites for hydroxylation is 1. The number of nitrogens with zero attached hydrogens (tertiary/aromatic N) is 4. The molecule has 0 saturated carbocycles. The summed E-state index contributed by atoms with van der Waals surface area (Å²) in [6.07, 6.45) is 7.08. The van der Waals surface area contributed by atoms with Gasteiger partial charge in [0.1, 0.15) is 11.9 Å². The third-order valence-electron chi connectivity index (χ3n) is 6.39. The molecule has 2 saturated heterocycles. The molecule has 0 radical (unpaired) electrons. The van der Waals surface area contributed by atoms with Crippen LogP contribution in [0.3, 0.4) is 0 Å². The molecule has 0 amide bonds. The van der Waals surface area contributed by atoms with Gasteiger partial charge in [0.25, 0.3) is 0 Å². The van der Waals surface area contributed by atoms with Crippen LogP contribution in [0.5, 0.6) is 0 Å². The molecule has 2 fully saturated rings. The van der Waals surface area contributed by atoms with Gasteiger partial charge in [-0.3, -0.25) is 0 Å². The van der Waals surface area contributed by atoms with E-state index in [1.165, 1.54) is 12.1 Å². The van der Waals surface area contributed by atoms with Gasteiger partial charge in [0, 0.05) is 50.3 Å². The lowest BCUT2D eigenvalue weighted by Gasteiger charge is -2.43. The van der Waals surface area contributed by atoms with Crippen molar-refractivity contribution in [1.82, 2.24) is 14.5 Å². The van der Waals surface area contributed by atoms with Crippen molar-refractivity contribution in [2.24, 2.45) is 13.0 Å². The molecular formula is C21H28F2N4O. The van der Waals surface area contributed by atoms with Gasteiger partial charge in [-0.2, -0.15) is 0 Å². The molecule has 1 N–H and O–H groups in total. The lowest BCUT2D eigenvalue weighted by Crippen LogP contribution is -2.48. The Labute approximate surface area is 164 Å². The molecule has 1 aromatic heterocycles. The Bertz CT molecular complexity index is 795. The highest BCUT2D eigenvalue weighted by molar-refractivity contribution is 5.47. The lowest BCUT2D eigenvalue weighted by atomic mass is 9.89. The average Bonchev–Trinajstić information content (AvgIpc) is 3.16. The zero-order chi connectivity index (χ0) is 19.7. The van der Waals surface area contributed by atoms with Gasteiger partial charge in [0.15, 0.2) is 11.6 Å². The second kappa shape index (κ2) is 8.17. The van der Waals surface area contributed by atoms with Crippen molar-refractivity contribution in [3.05, 3.63) is 48.1 Å². The maximum absolute atomic E-state index is 13.5. The van der Waals surface area contributed by atoms with E-state index < -0.39 is 17.7 Å². The van der Waals surface area contributed by atoms with Crippen LogP contribution >= 0.6 is 0 Å². The first-order valence-corrected chi connectivity index (χ1v) is 10.1. The number of aromatic nitrogens is 2. The minimum absolute atomic E-state index is 0.250. The molecule has 7 heteroatoms. The van der Waals surface area contributed by atoms with Crippen LogP contribution in [-0.4, -0.2) is 51.8 Å². The standard InChI is InChI=1S/C21H28F2N4O/c1-25-13-8-24-21(25)20(28)15-4-9-26(10-5-15)16-6-11-27(12-7-16)17-2-3-18(22)19(23)14-17/h2-3,8,13-16,20,28H,4-7,9-12H2,1H3. The molecule has 2 aromatic rings. The Morgan fingerprint density at radius 1 is 1.04 bits per heavy atom. The predicted molar refractivity (Wildman–Crippen MR) is 104 cm³/mol. The van der Waals surface area contributed by atoms with E-state index in [4.69, 9.17) is 0 Å². The highest BCUT2D eigenvalue weighted by Crippen LogP contribution is 2.32. The monoisotopic (exact) mass is 390 g/mol. The number of anilines is 1. The topological polar surface area (TPSA) is 44.5 Å². The minimum Gasteiger partial charge on any atom is -0.385 e. The van der Waals surface area contributed by atoms with Crippen LogP contribution in [0.4, 0.5) is 14.5 Å². The van der Waals surface area contributed by atoms with Crippen molar-refractivity contribution < 1.29 is 13.9 Å². The van der Waals surface area contributed by atoms with Gasteiger partial charge in [-0.05, 0) is 56.8 Å². The molecule has 4 rings (SSSR count). The summed E-state index contributed by atoms with van der Waals surface area (Å²) in [5, 5.41) is 10.6. The molecule has 2 aliphatic heterocycles. The van der Waals surface area contributed by atoms with Crippen LogP contribution in [0.25, 0.3) is 0 Å². The van der Waals surface area contributed by atoms with E-state index in [1.54, 1.807) is 12.3 Å². The number of benzene rings is 1. The summed E-state index contributed by atoms with van der Waals surface area (Å²) in [4.78, 5) is 8.96. The highest BCUT2D eigenvalue weighted by atomic mass is 19.2. The van der Waals surface area contributed by atoms with Crippen LogP contribution in [0.1, 0.15) is 37.6 Å². The molecule has 152 valence electrons. The van der Waals surface area contributed by atoms with Crippen molar-refractivity contribution in [2.75, 3.05) is 31.1 Å². The van der Waals surface area contributed by atoms with Gasteiger partial charge in [0.05, 0.1) is 0 Å². The molecule has 5 nitrogen and oxygen atoms in total. The van der Waals surface area contributed by atoms with Gasteiger partial charge in [-0.25, -0.2) is 13.8 Å². The largest absolute Gasteiger partial charge is 0.385 e. The molecule has 1 unspecified atom stereocenters. The van der Waals surface area contributed by atoms with Crippen LogP contribution < -0.4 is 4.90 Å². The quantitative estimate of drug-likeness (QED) is 0.871. The third-order valence-corrected chi connectivity index (χ3v) is 6.39. The Morgan fingerprint density at radius 3 is 2.36 bits per heavy atom. The third kappa shape index (κ3) is 3.91. The summed E-state index contributed by atoms with van der Waals surface area (Å²) in [7, 11) is 1.92. The number of likely N-dealkylation sites (tertiary alicyclic amines) is 1. The van der Waals surface area contributed by atoms with Gasteiger partial charge in [-0.15, -0.1) is 0 Å². The number of aliphatic hydroxyl groups excluding tert-OH is 1. The molecule has 0 spiro atoms. The molecule has 1 atom stereocenters. The predicted octanol–water partition coefficient (Wildman–Crippen LogP) is 3.11. The van der Waals surface area contributed by atoms with Crippen molar-refractivity contribution in [3.8, 4) is 0 Å². The van der Waals surface area contributed by atoms with Crippen LogP contribution in [0, 0.1) is 17.6 Å². The fourth-order valence-corrected chi connectivity index (χ4v) is 4.64. The fourth-order valence-electron chi connectivity index (χ4n) is 4.64. The normalized spacial score (nSPS) is 21.2. The second-order valence-corrected chi connectivity index (χ2v) is 8.03. The van der Waals surface area contributed by atoms with E-state index >= 15 is 0 Å². The van der Waals surface area contributed by atoms with Gasteiger partial charge in [0.2, 0.25) is 0 Å². The highest BCUT2D eigenvalue weighted by Gasteiger charge is 2.32. The SMILES string of the molecule is Cn1ccnc1C(O)C1CCN(C2CCN(c3ccc(F)c(F)c3)CC2)CC1.